The molecule has 140 valence electrons. The number of amides is 1. The molecule has 0 radical (unpaired) electrons. The maximum Gasteiger partial charge on any atom is 0.407 e. The van der Waals surface area contributed by atoms with E-state index >= 15 is 0 Å². The number of morpholine rings is 1. The second kappa shape index (κ2) is 8.73. The smallest absolute Gasteiger partial charge is 0.407 e. The van der Waals surface area contributed by atoms with Crippen LogP contribution in [0.1, 0.15) is 5.69 Å². The number of carbonyl (C=O) groups is 1. The van der Waals surface area contributed by atoms with Gasteiger partial charge < -0.3 is 19.9 Å². The molecule has 2 heterocycles. The van der Waals surface area contributed by atoms with E-state index < -0.39 is 6.09 Å². The molecule has 2 aromatic rings. The van der Waals surface area contributed by atoms with Gasteiger partial charge in [-0.05, 0) is 18.2 Å². The van der Waals surface area contributed by atoms with Crippen molar-refractivity contribution in [3.05, 3.63) is 33.9 Å². The van der Waals surface area contributed by atoms with Gasteiger partial charge in [-0.1, -0.05) is 23.2 Å². The number of rotatable bonds is 5. The standard InChI is InChI=1S/C17H19Cl2N3O4/c18-13-9-14(19)16(23)15-12(13)2-1-11(21-15)10-26-17(24)20-3-4-22-5-7-25-8-6-22/h1-2,9,23H,3-8,10H2,(H,20,24). The molecule has 1 aromatic carbocycles. The minimum absolute atomic E-state index is 0.0249. The van der Waals surface area contributed by atoms with Crippen molar-refractivity contribution in [3.63, 3.8) is 0 Å². The van der Waals surface area contributed by atoms with E-state index in [9.17, 15) is 9.90 Å². The van der Waals surface area contributed by atoms with Gasteiger partial charge in [-0.2, -0.15) is 0 Å². The average Bonchev–Trinajstić information content (AvgIpc) is 2.65. The molecule has 0 spiro atoms. The van der Waals surface area contributed by atoms with Crippen molar-refractivity contribution < 1.29 is 19.4 Å². The van der Waals surface area contributed by atoms with E-state index in [2.05, 4.69) is 15.2 Å². The zero-order valence-corrected chi connectivity index (χ0v) is 15.5. The van der Waals surface area contributed by atoms with Gasteiger partial charge in [0.15, 0.2) is 5.75 Å². The molecule has 1 amide bonds. The number of pyridine rings is 1. The largest absolute Gasteiger partial charge is 0.504 e. The molecule has 1 fully saturated rings. The fraction of sp³-hybridized carbons (Fsp3) is 0.412. The third kappa shape index (κ3) is 4.67. The molecule has 1 saturated heterocycles. The average molecular weight is 400 g/mol. The number of nitrogens with one attached hydrogen (secondary N) is 1. The van der Waals surface area contributed by atoms with Gasteiger partial charge in [0, 0.05) is 31.6 Å². The van der Waals surface area contributed by atoms with Crippen LogP contribution in [0.2, 0.25) is 10.0 Å². The lowest BCUT2D eigenvalue weighted by Crippen LogP contribution is -2.41. The molecule has 0 saturated carbocycles. The van der Waals surface area contributed by atoms with Crippen molar-refractivity contribution >= 4 is 40.2 Å². The van der Waals surface area contributed by atoms with Gasteiger partial charge in [-0.15, -0.1) is 0 Å². The maximum absolute atomic E-state index is 11.8. The Morgan fingerprint density at radius 1 is 1.31 bits per heavy atom. The summed E-state index contributed by atoms with van der Waals surface area (Å²) in [5.41, 5.74) is 0.755. The first kappa shape index (κ1) is 19.0. The minimum Gasteiger partial charge on any atom is -0.504 e. The molecule has 7 nitrogen and oxygen atoms in total. The summed E-state index contributed by atoms with van der Waals surface area (Å²) in [7, 11) is 0. The van der Waals surface area contributed by atoms with Gasteiger partial charge in [-0.3, -0.25) is 4.90 Å². The second-order valence-corrected chi connectivity index (χ2v) is 6.66. The Bertz CT molecular complexity index is 797. The molecule has 1 aliphatic heterocycles. The van der Waals surface area contributed by atoms with Crippen LogP contribution in [0.4, 0.5) is 4.79 Å². The summed E-state index contributed by atoms with van der Waals surface area (Å²) in [6.07, 6.45) is -0.520. The highest BCUT2D eigenvalue weighted by molar-refractivity contribution is 6.39. The molecule has 0 atom stereocenters. The van der Waals surface area contributed by atoms with E-state index in [1.165, 1.54) is 6.07 Å². The summed E-state index contributed by atoms with van der Waals surface area (Å²) < 4.78 is 10.4. The second-order valence-electron chi connectivity index (χ2n) is 5.84. The SMILES string of the molecule is O=C(NCCN1CCOCC1)OCc1ccc2c(Cl)cc(Cl)c(O)c2n1. The van der Waals surface area contributed by atoms with Crippen molar-refractivity contribution in [3.8, 4) is 5.75 Å². The van der Waals surface area contributed by atoms with Gasteiger partial charge in [0.2, 0.25) is 0 Å². The molecule has 9 heteroatoms. The van der Waals surface area contributed by atoms with Crippen LogP contribution in [0.3, 0.4) is 0 Å². The fourth-order valence-corrected chi connectivity index (χ4v) is 3.17. The van der Waals surface area contributed by atoms with E-state index in [0.717, 1.165) is 32.8 Å². The number of halogens is 2. The number of aromatic hydroxyl groups is 1. The molecule has 1 aliphatic rings. The summed E-state index contributed by atoms with van der Waals surface area (Å²) in [6, 6.07) is 4.85. The highest BCUT2D eigenvalue weighted by Gasteiger charge is 2.13. The number of benzene rings is 1. The Hall–Kier alpha value is -1.80. The number of alkyl carbamates (subject to hydrolysis) is 1. The number of fused-ring (bicyclic) bond motifs is 1. The van der Waals surface area contributed by atoms with Crippen LogP contribution in [0, 0.1) is 0 Å². The van der Waals surface area contributed by atoms with Crippen molar-refractivity contribution in [1.29, 1.82) is 0 Å². The molecule has 26 heavy (non-hydrogen) atoms. The summed E-state index contributed by atoms with van der Waals surface area (Å²) >= 11 is 12.0. The minimum atomic E-state index is -0.520. The monoisotopic (exact) mass is 399 g/mol. The molecular formula is C17H19Cl2N3O4. The first-order chi connectivity index (χ1) is 12.5. The number of carbonyl (C=O) groups excluding carboxylic acids is 1. The first-order valence-electron chi connectivity index (χ1n) is 8.22. The molecule has 0 bridgehead atoms. The zero-order chi connectivity index (χ0) is 18.5. The lowest BCUT2D eigenvalue weighted by atomic mass is 10.2. The molecule has 2 N–H and O–H groups in total. The number of ether oxygens (including phenoxy) is 2. The quantitative estimate of drug-likeness (QED) is 0.803. The van der Waals surface area contributed by atoms with E-state index in [-0.39, 0.29) is 22.9 Å². The summed E-state index contributed by atoms with van der Waals surface area (Å²) in [4.78, 5) is 18.3. The van der Waals surface area contributed by atoms with Crippen molar-refractivity contribution in [2.75, 3.05) is 39.4 Å². The Kier molecular flexibility index (Phi) is 6.37. The predicted octanol–water partition coefficient (Wildman–Crippen LogP) is 2.81. The van der Waals surface area contributed by atoms with Gasteiger partial charge in [-0.25, -0.2) is 9.78 Å². The van der Waals surface area contributed by atoms with Crippen molar-refractivity contribution in [2.45, 2.75) is 6.61 Å². The van der Waals surface area contributed by atoms with Crippen LogP contribution in [0.25, 0.3) is 10.9 Å². The topological polar surface area (TPSA) is 83.9 Å². The van der Waals surface area contributed by atoms with Gasteiger partial charge >= 0.3 is 6.09 Å². The maximum atomic E-state index is 11.8. The predicted molar refractivity (Wildman–Crippen MR) is 98.9 cm³/mol. The number of hydrogen-bond donors (Lipinski definition) is 2. The lowest BCUT2D eigenvalue weighted by Gasteiger charge is -2.26. The van der Waals surface area contributed by atoms with Crippen LogP contribution >= 0.6 is 23.2 Å². The third-order valence-electron chi connectivity index (χ3n) is 4.07. The molecule has 1 aromatic heterocycles. The third-order valence-corrected chi connectivity index (χ3v) is 4.67. The van der Waals surface area contributed by atoms with E-state index in [1.54, 1.807) is 12.1 Å². The number of phenols is 1. The zero-order valence-electron chi connectivity index (χ0n) is 14.0. The number of nitrogens with zero attached hydrogens (tertiary/aromatic N) is 2. The fourth-order valence-electron chi connectivity index (χ4n) is 2.66. The number of hydrogen-bond acceptors (Lipinski definition) is 6. The Morgan fingerprint density at radius 2 is 2.08 bits per heavy atom. The van der Waals surface area contributed by atoms with Gasteiger partial charge in [0.25, 0.3) is 0 Å². The first-order valence-corrected chi connectivity index (χ1v) is 8.97. The molecule has 3 rings (SSSR count). The summed E-state index contributed by atoms with van der Waals surface area (Å²) in [5.74, 6) is -0.150. The molecule has 0 aliphatic carbocycles. The lowest BCUT2D eigenvalue weighted by molar-refractivity contribution is 0.0382. The number of aromatic nitrogens is 1. The molecular weight excluding hydrogens is 381 g/mol. The highest BCUT2D eigenvalue weighted by atomic mass is 35.5. The normalized spacial score (nSPS) is 15.2. The Labute approximate surface area is 160 Å². The van der Waals surface area contributed by atoms with Crippen LogP contribution in [-0.2, 0) is 16.1 Å². The van der Waals surface area contributed by atoms with E-state index in [1.807, 2.05) is 0 Å². The summed E-state index contributed by atoms with van der Waals surface area (Å²) in [5, 5.41) is 13.8. The summed E-state index contributed by atoms with van der Waals surface area (Å²) in [6.45, 7) is 4.40. The van der Waals surface area contributed by atoms with Crippen molar-refractivity contribution in [1.82, 2.24) is 15.2 Å². The van der Waals surface area contributed by atoms with E-state index in [0.29, 0.717) is 22.6 Å². The van der Waals surface area contributed by atoms with E-state index in [4.69, 9.17) is 32.7 Å². The van der Waals surface area contributed by atoms with Gasteiger partial charge in [0.05, 0.1) is 29.0 Å². The number of phenolic OH excluding ortho intramolecular Hbond substituents is 1. The Morgan fingerprint density at radius 3 is 2.85 bits per heavy atom. The van der Waals surface area contributed by atoms with Crippen LogP contribution in [0.5, 0.6) is 5.75 Å². The van der Waals surface area contributed by atoms with Gasteiger partial charge in [0.1, 0.15) is 12.1 Å². The Balaban J connectivity index is 1.52. The van der Waals surface area contributed by atoms with Crippen LogP contribution in [-0.4, -0.2) is 60.5 Å². The van der Waals surface area contributed by atoms with Crippen LogP contribution < -0.4 is 5.32 Å². The highest BCUT2D eigenvalue weighted by Crippen LogP contribution is 2.36. The molecule has 0 unspecified atom stereocenters. The van der Waals surface area contributed by atoms with Crippen LogP contribution in [0.15, 0.2) is 18.2 Å². The van der Waals surface area contributed by atoms with Crippen molar-refractivity contribution in [2.24, 2.45) is 0 Å².